The zero-order valence-corrected chi connectivity index (χ0v) is 15.8. The summed E-state index contributed by atoms with van der Waals surface area (Å²) in [5.41, 5.74) is 3.23. The smallest absolute Gasteiger partial charge is 0.422 e. The first-order valence-corrected chi connectivity index (χ1v) is 9.01. The number of benzene rings is 1. The number of carbonyl (C=O) groups excluding carboxylic acids is 2. The molecule has 144 valence electrons. The number of hydrogen-bond acceptors (Lipinski definition) is 5. The van der Waals surface area contributed by atoms with Crippen LogP contribution in [0.25, 0.3) is 0 Å². The molecule has 1 aromatic rings. The van der Waals surface area contributed by atoms with E-state index >= 15 is 0 Å². The van der Waals surface area contributed by atoms with Crippen molar-refractivity contribution in [3.05, 3.63) is 35.9 Å². The van der Waals surface area contributed by atoms with E-state index in [0.717, 1.165) is 31.5 Å². The summed E-state index contributed by atoms with van der Waals surface area (Å²) < 4.78 is 10.4. The lowest BCUT2D eigenvalue weighted by Crippen LogP contribution is -2.48. The summed E-state index contributed by atoms with van der Waals surface area (Å²) in [4.78, 5) is 23.5. The molecule has 1 aliphatic rings. The molecule has 0 aliphatic carbocycles. The van der Waals surface area contributed by atoms with Crippen LogP contribution in [0.2, 0.25) is 0 Å². The van der Waals surface area contributed by atoms with Crippen molar-refractivity contribution in [1.82, 2.24) is 15.8 Å². The van der Waals surface area contributed by atoms with Gasteiger partial charge in [0.05, 0.1) is 0 Å². The van der Waals surface area contributed by atoms with Crippen molar-refractivity contribution in [3.8, 4) is 0 Å². The Balaban J connectivity index is 1.60. The number of carbonyl (C=O) groups is 2. The molecule has 0 radical (unpaired) electrons. The van der Waals surface area contributed by atoms with E-state index in [0.29, 0.717) is 12.5 Å². The van der Waals surface area contributed by atoms with Gasteiger partial charge in [-0.1, -0.05) is 30.3 Å². The van der Waals surface area contributed by atoms with Crippen LogP contribution in [0.15, 0.2) is 30.3 Å². The van der Waals surface area contributed by atoms with Crippen molar-refractivity contribution >= 4 is 12.2 Å². The topological polar surface area (TPSA) is 79.9 Å². The minimum Gasteiger partial charge on any atom is -0.444 e. The molecule has 0 spiro atoms. The Labute approximate surface area is 155 Å². The van der Waals surface area contributed by atoms with Gasteiger partial charge in [0.2, 0.25) is 0 Å². The van der Waals surface area contributed by atoms with Crippen LogP contribution in [0.5, 0.6) is 0 Å². The molecule has 2 amide bonds. The van der Waals surface area contributed by atoms with Crippen LogP contribution in [0.1, 0.15) is 39.2 Å². The second kappa shape index (κ2) is 9.43. The zero-order valence-electron chi connectivity index (χ0n) is 15.8. The van der Waals surface area contributed by atoms with Gasteiger partial charge >= 0.3 is 12.2 Å². The van der Waals surface area contributed by atoms with Crippen molar-refractivity contribution in [2.75, 3.05) is 19.6 Å². The Morgan fingerprint density at radius 2 is 1.77 bits per heavy atom. The van der Waals surface area contributed by atoms with Gasteiger partial charge in [0.15, 0.2) is 0 Å². The molecule has 1 saturated heterocycles. The summed E-state index contributed by atoms with van der Waals surface area (Å²) in [6.45, 7) is 7.81. The maximum absolute atomic E-state index is 11.9. The standard InChI is InChI=1S/C19H29N3O4/c1-19(2,3)26-17(23)20-13-15-9-11-22(12-10-15)21-18(24)25-14-16-7-5-4-6-8-16/h4-8,15H,9-14H2,1-3H3,(H,20,23)(H,21,24). The van der Waals surface area contributed by atoms with Crippen LogP contribution in [0, 0.1) is 5.92 Å². The van der Waals surface area contributed by atoms with E-state index in [1.54, 1.807) is 0 Å². The molecule has 0 bridgehead atoms. The highest BCUT2D eigenvalue weighted by Gasteiger charge is 2.22. The zero-order chi connectivity index (χ0) is 19.0. The van der Waals surface area contributed by atoms with E-state index < -0.39 is 11.7 Å². The highest BCUT2D eigenvalue weighted by molar-refractivity contribution is 5.67. The van der Waals surface area contributed by atoms with Gasteiger partial charge in [-0.05, 0) is 45.1 Å². The van der Waals surface area contributed by atoms with Crippen LogP contribution in [-0.2, 0) is 16.1 Å². The van der Waals surface area contributed by atoms with E-state index in [1.807, 2.05) is 56.1 Å². The van der Waals surface area contributed by atoms with Crippen molar-refractivity contribution in [2.45, 2.75) is 45.8 Å². The largest absolute Gasteiger partial charge is 0.444 e. The summed E-state index contributed by atoms with van der Waals surface area (Å²) in [7, 11) is 0. The van der Waals surface area contributed by atoms with Crippen LogP contribution < -0.4 is 10.7 Å². The molecule has 7 heteroatoms. The lowest BCUT2D eigenvalue weighted by molar-refractivity contribution is 0.0500. The lowest BCUT2D eigenvalue weighted by Gasteiger charge is -2.31. The number of rotatable bonds is 5. The van der Waals surface area contributed by atoms with E-state index in [9.17, 15) is 9.59 Å². The van der Waals surface area contributed by atoms with Crippen molar-refractivity contribution in [1.29, 1.82) is 0 Å². The number of nitrogens with one attached hydrogen (secondary N) is 2. The third kappa shape index (κ3) is 7.74. The fraction of sp³-hybridized carbons (Fsp3) is 0.579. The van der Waals surface area contributed by atoms with Crippen LogP contribution >= 0.6 is 0 Å². The first-order valence-electron chi connectivity index (χ1n) is 9.01. The highest BCUT2D eigenvalue weighted by Crippen LogP contribution is 2.15. The number of alkyl carbamates (subject to hydrolysis) is 1. The molecule has 0 atom stereocenters. The minimum atomic E-state index is -0.489. The highest BCUT2D eigenvalue weighted by atomic mass is 16.6. The van der Waals surface area contributed by atoms with Crippen molar-refractivity contribution in [3.63, 3.8) is 0 Å². The predicted octanol–water partition coefficient (Wildman–Crippen LogP) is 3.06. The van der Waals surface area contributed by atoms with Gasteiger partial charge < -0.3 is 14.8 Å². The van der Waals surface area contributed by atoms with Gasteiger partial charge in [-0.15, -0.1) is 0 Å². The van der Waals surface area contributed by atoms with Crippen LogP contribution in [0.3, 0.4) is 0 Å². The number of ether oxygens (including phenoxy) is 2. The minimum absolute atomic E-state index is 0.253. The summed E-state index contributed by atoms with van der Waals surface area (Å²) in [6, 6.07) is 9.57. The van der Waals surface area contributed by atoms with Crippen LogP contribution in [0.4, 0.5) is 9.59 Å². The lowest BCUT2D eigenvalue weighted by atomic mass is 9.98. The van der Waals surface area contributed by atoms with Gasteiger partial charge in [-0.3, -0.25) is 5.43 Å². The molecule has 26 heavy (non-hydrogen) atoms. The SMILES string of the molecule is CC(C)(C)OC(=O)NCC1CCN(NC(=O)OCc2ccccc2)CC1. The van der Waals surface area contributed by atoms with Gasteiger partial charge in [-0.2, -0.15) is 0 Å². The third-order valence-electron chi connectivity index (χ3n) is 4.01. The summed E-state index contributed by atoms with van der Waals surface area (Å²) in [5, 5.41) is 4.67. The number of hydrogen-bond donors (Lipinski definition) is 2. The Hall–Kier alpha value is -2.28. The molecule has 0 unspecified atom stereocenters. The molecule has 0 saturated carbocycles. The average Bonchev–Trinajstić information content (AvgIpc) is 2.59. The first-order chi connectivity index (χ1) is 12.3. The van der Waals surface area contributed by atoms with Crippen molar-refractivity contribution in [2.24, 2.45) is 5.92 Å². The van der Waals surface area contributed by atoms with Gasteiger partial charge in [-0.25, -0.2) is 14.6 Å². The van der Waals surface area contributed by atoms with E-state index in [2.05, 4.69) is 10.7 Å². The molecule has 1 heterocycles. The Kier molecular flexibility index (Phi) is 7.26. The Morgan fingerprint density at radius 3 is 2.38 bits per heavy atom. The fourth-order valence-corrected chi connectivity index (χ4v) is 2.68. The molecule has 1 aromatic carbocycles. The molecule has 1 aliphatic heterocycles. The van der Waals surface area contributed by atoms with Crippen LogP contribution in [-0.4, -0.2) is 42.4 Å². The maximum Gasteiger partial charge on any atom is 0.422 e. The quantitative estimate of drug-likeness (QED) is 0.840. The number of nitrogens with zero attached hydrogens (tertiary/aromatic N) is 1. The molecule has 7 nitrogen and oxygen atoms in total. The first kappa shape index (κ1) is 20.0. The fourth-order valence-electron chi connectivity index (χ4n) is 2.68. The second-order valence-corrected chi connectivity index (χ2v) is 7.49. The summed E-state index contributed by atoms with van der Waals surface area (Å²) in [6.07, 6.45) is 0.936. The van der Waals surface area contributed by atoms with Gasteiger partial charge in [0.1, 0.15) is 12.2 Å². The van der Waals surface area contributed by atoms with E-state index in [1.165, 1.54) is 0 Å². The molecule has 0 aromatic heterocycles. The summed E-state index contributed by atoms with van der Waals surface area (Å²) in [5.74, 6) is 0.376. The normalized spacial score (nSPS) is 16.0. The molecule has 2 rings (SSSR count). The summed E-state index contributed by atoms with van der Waals surface area (Å²) >= 11 is 0. The van der Waals surface area contributed by atoms with Crippen molar-refractivity contribution < 1.29 is 19.1 Å². The number of hydrazine groups is 1. The Morgan fingerprint density at radius 1 is 1.12 bits per heavy atom. The molecular weight excluding hydrogens is 334 g/mol. The monoisotopic (exact) mass is 363 g/mol. The Bertz CT molecular complexity index is 578. The second-order valence-electron chi connectivity index (χ2n) is 7.49. The van der Waals surface area contributed by atoms with Gasteiger partial charge in [0, 0.05) is 19.6 Å². The molecule has 1 fully saturated rings. The van der Waals surface area contributed by atoms with Gasteiger partial charge in [0.25, 0.3) is 0 Å². The van der Waals surface area contributed by atoms with E-state index in [4.69, 9.17) is 9.47 Å². The maximum atomic E-state index is 11.9. The number of amides is 2. The van der Waals surface area contributed by atoms with E-state index in [-0.39, 0.29) is 12.7 Å². The average molecular weight is 363 g/mol. The molecule has 2 N–H and O–H groups in total. The predicted molar refractivity (Wildman–Crippen MR) is 98.3 cm³/mol. The third-order valence-corrected chi connectivity index (χ3v) is 4.01. The number of piperidine rings is 1. The molecular formula is C19H29N3O4.